The van der Waals surface area contributed by atoms with Gasteiger partial charge in [-0.2, -0.15) is 0 Å². The number of nitrogens with zero attached hydrogens (tertiary/aromatic N) is 4. The summed E-state index contributed by atoms with van der Waals surface area (Å²) in [5.41, 5.74) is 0.906. The zero-order valence-corrected chi connectivity index (χ0v) is 14.6. The summed E-state index contributed by atoms with van der Waals surface area (Å²) in [6.45, 7) is 6.26. The summed E-state index contributed by atoms with van der Waals surface area (Å²) in [6, 6.07) is 10.9. The molecule has 25 heavy (non-hydrogen) atoms. The van der Waals surface area contributed by atoms with Crippen molar-refractivity contribution in [3.63, 3.8) is 0 Å². The van der Waals surface area contributed by atoms with E-state index in [1.807, 2.05) is 31.2 Å². The van der Waals surface area contributed by atoms with Gasteiger partial charge in [-0.25, -0.2) is 0 Å². The standard InChI is InChI=1S/C18H23N5O2/c1-3-25-16-7-5-4-6-14(16)19-18(24)15-8-9-17(21-20-15)23-12-10-22(2)11-13-23/h4-9H,3,10-13H2,1-2H3,(H,19,24). The Hall–Kier alpha value is -2.67. The van der Waals surface area contributed by atoms with Crippen LogP contribution in [-0.2, 0) is 0 Å². The number of benzene rings is 1. The molecule has 1 saturated heterocycles. The van der Waals surface area contributed by atoms with Crippen molar-refractivity contribution in [1.82, 2.24) is 15.1 Å². The minimum Gasteiger partial charge on any atom is -0.492 e. The Bertz CT molecular complexity index is 712. The number of para-hydroxylation sites is 2. The molecule has 0 unspecified atom stereocenters. The van der Waals surface area contributed by atoms with E-state index < -0.39 is 0 Å². The van der Waals surface area contributed by atoms with E-state index in [1.54, 1.807) is 12.1 Å². The largest absolute Gasteiger partial charge is 0.492 e. The molecule has 1 aliphatic heterocycles. The second kappa shape index (κ2) is 7.94. The van der Waals surface area contributed by atoms with E-state index in [9.17, 15) is 4.79 Å². The summed E-state index contributed by atoms with van der Waals surface area (Å²) < 4.78 is 5.52. The molecule has 1 N–H and O–H groups in total. The summed E-state index contributed by atoms with van der Waals surface area (Å²) in [5, 5.41) is 11.1. The van der Waals surface area contributed by atoms with Gasteiger partial charge in [0.25, 0.3) is 5.91 Å². The number of amides is 1. The van der Waals surface area contributed by atoms with Gasteiger partial charge in [-0.1, -0.05) is 12.1 Å². The first kappa shape index (κ1) is 17.2. The van der Waals surface area contributed by atoms with Crippen molar-refractivity contribution in [2.75, 3.05) is 50.1 Å². The fraction of sp³-hybridized carbons (Fsp3) is 0.389. The lowest BCUT2D eigenvalue weighted by Gasteiger charge is -2.32. The highest BCUT2D eigenvalue weighted by atomic mass is 16.5. The van der Waals surface area contributed by atoms with Crippen molar-refractivity contribution in [3.8, 4) is 5.75 Å². The van der Waals surface area contributed by atoms with E-state index in [4.69, 9.17) is 4.74 Å². The zero-order chi connectivity index (χ0) is 17.6. The summed E-state index contributed by atoms with van der Waals surface area (Å²) in [5.74, 6) is 1.14. The molecule has 0 aliphatic carbocycles. The second-order valence-corrected chi connectivity index (χ2v) is 5.95. The van der Waals surface area contributed by atoms with E-state index in [-0.39, 0.29) is 11.6 Å². The highest BCUT2D eigenvalue weighted by Gasteiger charge is 2.17. The van der Waals surface area contributed by atoms with Gasteiger partial charge in [0.1, 0.15) is 5.75 Å². The van der Waals surface area contributed by atoms with Gasteiger partial charge in [0.2, 0.25) is 0 Å². The van der Waals surface area contributed by atoms with Crippen molar-refractivity contribution < 1.29 is 9.53 Å². The number of rotatable bonds is 5. The summed E-state index contributed by atoms with van der Waals surface area (Å²) in [4.78, 5) is 16.9. The minimum atomic E-state index is -0.301. The average Bonchev–Trinajstić information content (AvgIpc) is 2.64. The molecular formula is C18H23N5O2. The third kappa shape index (κ3) is 4.24. The van der Waals surface area contributed by atoms with Crippen molar-refractivity contribution in [3.05, 3.63) is 42.1 Å². The Morgan fingerprint density at radius 3 is 2.56 bits per heavy atom. The van der Waals surface area contributed by atoms with Crippen LogP contribution in [0.4, 0.5) is 11.5 Å². The van der Waals surface area contributed by atoms with Crippen molar-refractivity contribution in [2.45, 2.75) is 6.92 Å². The van der Waals surface area contributed by atoms with E-state index >= 15 is 0 Å². The smallest absolute Gasteiger partial charge is 0.276 e. The first-order chi connectivity index (χ1) is 12.2. The second-order valence-electron chi connectivity index (χ2n) is 5.95. The maximum Gasteiger partial charge on any atom is 0.276 e. The van der Waals surface area contributed by atoms with Gasteiger partial charge in [-0.3, -0.25) is 4.79 Å². The minimum absolute atomic E-state index is 0.282. The molecular weight excluding hydrogens is 318 g/mol. The van der Waals surface area contributed by atoms with Crippen molar-refractivity contribution in [2.24, 2.45) is 0 Å². The van der Waals surface area contributed by atoms with Crippen LogP contribution in [0.5, 0.6) is 5.75 Å². The number of nitrogens with one attached hydrogen (secondary N) is 1. The predicted molar refractivity (Wildman–Crippen MR) is 97.3 cm³/mol. The van der Waals surface area contributed by atoms with Crippen LogP contribution in [0.15, 0.2) is 36.4 Å². The monoisotopic (exact) mass is 341 g/mol. The molecule has 0 atom stereocenters. The van der Waals surface area contributed by atoms with Crippen LogP contribution in [0.3, 0.4) is 0 Å². The summed E-state index contributed by atoms with van der Waals surface area (Å²) in [7, 11) is 2.11. The van der Waals surface area contributed by atoms with Crippen LogP contribution in [-0.4, -0.2) is 60.8 Å². The molecule has 3 rings (SSSR count). The number of carbonyl (C=O) groups is 1. The number of hydrogen-bond donors (Lipinski definition) is 1. The van der Waals surface area contributed by atoms with Gasteiger partial charge in [0, 0.05) is 26.2 Å². The summed E-state index contributed by atoms with van der Waals surface area (Å²) >= 11 is 0. The Labute approximate surface area is 147 Å². The molecule has 1 aromatic carbocycles. The highest BCUT2D eigenvalue weighted by Crippen LogP contribution is 2.24. The van der Waals surface area contributed by atoms with Crippen LogP contribution in [0.2, 0.25) is 0 Å². The van der Waals surface area contributed by atoms with Crippen molar-refractivity contribution in [1.29, 1.82) is 0 Å². The number of hydrogen-bond acceptors (Lipinski definition) is 6. The van der Waals surface area contributed by atoms with Crippen LogP contribution in [0, 0.1) is 0 Å². The Balaban J connectivity index is 1.67. The molecule has 1 aromatic heterocycles. The topological polar surface area (TPSA) is 70.6 Å². The SMILES string of the molecule is CCOc1ccccc1NC(=O)c1ccc(N2CCN(C)CC2)nn1. The van der Waals surface area contributed by atoms with Crippen molar-refractivity contribution >= 4 is 17.4 Å². The van der Waals surface area contributed by atoms with Gasteiger partial charge >= 0.3 is 0 Å². The Morgan fingerprint density at radius 2 is 1.88 bits per heavy atom. The number of aromatic nitrogens is 2. The quantitative estimate of drug-likeness (QED) is 0.895. The Kier molecular flexibility index (Phi) is 5.45. The highest BCUT2D eigenvalue weighted by molar-refractivity contribution is 6.03. The molecule has 0 bridgehead atoms. The van der Waals surface area contributed by atoms with Crippen LogP contribution >= 0.6 is 0 Å². The number of likely N-dealkylation sites (N-methyl/N-ethyl adjacent to an activating group) is 1. The lowest BCUT2D eigenvalue weighted by atomic mass is 10.2. The third-order valence-electron chi connectivity index (χ3n) is 4.15. The molecule has 2 aromatic rings. The number of carbonyl (C=O) groups excluding carboxylic acids is 1. The van der Waals surface area contributed by atoms with Crippen LogP contribution in [0.1, 0.15) is 17.4 Å². The molecule has 1 fully saturated rings. The first-order valence-electron chi connectivity index (χ1n) is 8.48. The summed E-state index contributed by atoms with van der Waals surface area (Å²) in [6.07, 6.45) is 0. The number of anilines is 2. The first-order valence-corrected chi connectivity index (χ1v) is 8.48. The maximum absolute atomic E-state index is 12.4. The lowest BCUT2D eigenvalue weighted by molar-refractivity contribution is 0.102. The predicted octanol–water partition coefficient (Wildman–Crippen LogP) is 1.88. The van der Waals surface area contributed by atoms with E-state index in [0.29, 0.717) is 18.0 Å². The fourth-order valence-electron chi connectivity index (χ4n) is 2.69. The zero-order valence-electron chi connectivity index (χ0n) is 14.6. The Morgan fingerprint density at radius 1 is 1.12 bits per heavy atom. The van der Waals surface area contributed by atoms with Gasteiger partial charge < -0.3 is 19.9 Å². The maximum atomic E-state index is 12.4. The molecule has 7 nitrogen and oxygen atoms in total. The van der Waals surface area contributed by atoms with Gasteiger partial charge in [-0.05, 0) is 38.2 Å². The normalized spacial score (nSPS) is 15.0. The van der Waals surface area contributed by atoms with E-state index in [1.165, 1.54) is 0 Å². The van der Waals surface area contributed by atoms with Crippen LogP contribution < -0.4 is 15.0 Å². The molecule has 132 valence electrons. The molecule has 0 spiro atoms. The fourth-order valence-corrected chi connectivity index (χ4v) is 2.69. The molecule has 1 aliphatic rings. The molecule has 0 saturated carbocycles. The molecule has 2 heterocycles. The van der Waals surface area contributed by atoms with Gasteiger partial charge in [0.05, 0.1) is 12.3 Å². The van der Waals surface area contributed by atoms with E-state index in [0.717, 1.165) is 32.0 Å². The lowest BCUT2D eigenvalue weighted by Crippen LogP contribution is -2.44. The number of piperazine rings is 1. The number of ether oxygens (including phenoxy) is 1. The van der Waals surface area contributed by atoms with Crippen LogP contribution in [0.25, 0.3) is 0 Å². The van der Waals surface area contributed by atoms with Gasteiger partial charge in [0.15, 0.2) is 11.5 Å². The molecule has 1 amide bonds. The molecule has 7 heteroatoms. The average molecular weight is 341 g/mol. The third-order valence-corrected chi connectivity index (χ3v) is 4.15. The van der Waals surface area contributed by atoms with Gasteiger partial charge in [-0.15, -0.1) is 10.2 Å². The molecule has 0 radical (unpaired) electrons. The van der Waals surface area contributed by atoms with E-state index in [2.05, 4.69) is 32.4 Å².